The number of fused-ring (bicyclic) bond motifs is 2. The highest BCUT2D eigenvalue weighted by atomic mass is 32.1. The highest BCUT2D eigenvalue weighted by molar-refractivity contribution is 7.15. The van der Waals surface area contributed by atoms with Gasteiger partial charge in [-0.25, -0.2) is 4.98 Å². The van der Waals surface area contributed by atoms with E-state index in [-0.39, 0.29) is 24.1 Å². The molecule has 0 radical (unpaired) electrons. The fourth-order valence-electron chi connectivity index (χ4n) is 4.10. The summed E-state index contributed by atoms with van der Waals surface area (Å²) in [6, 6.07) is 9.20. The van der Waals surface area contributed by atoms with Gasteiger partial charge in [0.15, 0.2) is 5.13 Å². The van der Waals surface area contributed by atoms with Crippen LogP contribution in [0.3, 0.4) is 0 Å². The second kappa shape index (κ2) is 7.83. The van der Waals surface area contributed by atoms with Gasteiger partial charge in [-0.2, -0.15) is 4.99 Å². The summed E-state index contributed by atoms with van der Waals surface area (Å²) in [5.41, 5.74) is 0.456. The first-order chi connectivity index (χ1) is 15.4. The Morgan fingerprint density at radius 1 is 1.19 bits per heavy atom. The second-order valence-corrected chi connectivity index (χ2v) is 9.15. The number of carbonyl (C=O) groups is 3. The third kappa shape index (κ3) is 3.54. The fraction of sp³-hybridized carbons (Fsp3) is 0.261. The van der Waals surface area contributed by atoms with Crippen LogP contribution >= 0.6 is 11.3 Å². The number of nitrogens with one attached hydrogen (secondary N) is 1. The molecule has 0 saturated heterocycles. The van der Waals surface area contributed by atoms with Gasteiger partial charge in [0.25, 0.3) is 17.7 Å². The minimum absolute atomic E-state index is 0.0137. The molecule has 0 fully saturated rings. The lowest BCUT2D eigenvalue weighted by molar-refractivity contribution is -0.130. The lowest BCUT2D eigenvalue weighted by Gasteiger charge is -2.41. The van der Waals surface area contributed by atoms with Crippen LogP contribution in [0.2, 0.25) is 0 Å². The number of carbonyl (C=O) groups excluding carboxylic acids is 3. The lowest BCUT2D eigenvalue weighted by Crippen LogP contribution is -2.58. The minimum atomic E-state index is -1.10. The average Bonchev–Trinajstić information content (AvgIpc) is 3.20. The number of amidine groups is 1. The first-order valence-corrected chi connectivity index (χ1v) is 11.2. The van der Waals surface area contributed by atoms with E-state index in [2.05, 4.69) is 15.3 Å². The molecule has 8 nitrogen and oxygen atoms in total. The topological polar surface area (TPSA) is 95.0 Å². The largest absolute Gasteiger partial charge is 0.333 e. The summed E-state index contributed by atoms with van der Waals surface area (Å²) in [4.78, 5) is 51.3. The summed E-state index contributed by atoms with van der Waals surface area (Å²) in [5, 5.41) is 3.37. The van der Waals surface area contributed by atoms with Gasteiger partial charge < -0.3 is 9.80 Å². The monoisotopic (exact) mass is 447 g/mol. The highest BCUT2D eigenvalue weighted by Crippen LogP contribution is 2.32. The van der Waals surface area contributed by atoms with Crippen molar-refractivity contribution in [2.75, 3.05) is 11.9 Å². The van der Waals surface area contributed by atoms with Crippen molar-refractivity contribution in [1.29, 1.82) is 0 Å². The number of thiazole rings is 1. The molecule has 162 valence electrons. The van der Waals surface area contributed by atoms with Crippen LogP contribution in [-0.4, -0.2) is 50.4 Å². The number of allylic oxidation sites excluding steroid dienone is 2. The number of hydrogen-bond donors (Lipinski definition) is 1. The Hall–Kier alpha value is -3.59. The van der Waals surface area contributed by atoms with Crippen molar-refractivity contribution in [3.8, 4) is 0 Å². The van der Waals surface area contributed by atoms with Crippen molar-refractivity contribution in [3.63, 3.8) is 0 Å². The predicted octanol–water partition coefficient (Wildman–Crippen LogP) is 2.75. The molecule has 0 bridgehead atoms. The molecular formula is C23H21N5O3S. The SMILES string of the molecule is CC1(C(=O)Nc2nc3c(s2)CN(C(=O)c2ccccc2)CC3)CC(=O)N=C2C=CC=CN21. The third-order valence-electron chi connectivity index (χ3n) is 5.85. The Morgan fingerprint density at radius 2 is 2.00 bits per heavy atom. The highest BCUT2D eigenvalue weighted by Gasteiger charge is 2.45. The molecule has 32 heavy (non-hydrogen) atoms. The van der Waals surface area contributed by atoms with E-state index in [9.17, 15) is 14.4 Å². The van der Waals surface area contributed by atoms with Gasteiger partial charge in [0.05, 0.1) is 18.7 Å². The molecule has 3 aliphatic heterocycles. The number of rotatable bonds is 3. The maximum atomic E-state index is 13.2. The molecule has 0 saturated carbocycles. The molecule has 3 aliphatic rings. The molecule has 0 spiro atoms. The molecule has 5 rings (SSSR count). The van der Waals surface area contributed by atoms with Crippen LogP contribution in [0.15, 0.2) is 59.8 Å². The van der Waals surface area contributed by atoms with Gasteiger partial charge in [0.1, 0.15) is 11.4 Å². The van der Waals surface area contributed by atoms with Crippen molar-refractivity contribution >= 4 is 40.0 Å². The zero-order chi connectivity index (χ0) is 22.3. The van der Waals surface area contributed by atoms with Crippen LogP contribution in [0.4, 0.5) is 5.13 Å². The molecule has 4 heterocycles. The van der Waals surface area contributed by atoms with E-state index in [1.807, 2.05) is 30.3 Å². The van der Waals surface area contributed by atoms with Gasteiger partial charge >= 0.3 is 0 Å². The van der Waals surface area contributed by atoms with Crippen molar-refractivity contribution in [1.82, 2.24) is 14.8 Å². The quantitative estimate of drug-likeness (QED) is 0.781. The number of nitrogens with zero attached hydrogens (tertiary/aromatic N) is 4. The van der Waals surface area contributed by atoms with Gasteiger partial charge in [-0.05, 0) is 31.2 Å². The van der Waals surface area contributed by atoms with Gasteiger partial charge in [-0.15, -0.1) is 0 Å². The van der Waals surface area contributed by atoms with Gasteiger partial charge in [0.2, 0.25) is 0 Å². The minimum Gasteiger partial charge on any atom is -0.333 e. The van der Waals surface area contributed by atoms with Crippen LogP contribution in [0.25, 0.3) is 0 Å². The zero-order valence-electron chi connectivity index (χ0n) is 17.4. The zero-order valence-corrected chi connectivity index (χ0v) is 18.3. The molecule has 1 unspecified atom stereocenters. The van der Waals surface area contributed by atoms with E-state index in [1.54, 1.807) is 41.2 Å². The van der Waals surface area contributed by atoms with Gasteiger partial charge in [0, 0.05) is 29.6 Å². The molecule has 3 amide bonds. The van der Waals surface area contributed by atoms with Crippen molar-refractivity contribution < 1.29 is 14.4 Å². The van der Waals surface area contributed by atoms with E-state index >= 15 is 0 Å². The maximum Gasteiger partial charge on any atom is 0.254 e. The lowest BCUT2D eigenvalue weighted by atomic mass is 9.91. The Labute approximate surface area is 189 Å². The van der Waals surface area contributed by atoms with Crippen molar-refractivity contribution in [2.45, 2.75) is 31.8 Å². The van der Waals surface area contributed by atoms with Crippen LogP contribution in [0.5, 0.6) is 0 Å². The second-order valence-electron chi connectivity index (χ2n) is 8.07. The average molecular weight is 448 g/mol. The van der Waals surface area contributed by atoms with E-state index in [4.69, 9.17) is 0 Å². The Bertz CT molecular complexity index is 1200. The Kier molecular flexibility index (Phi) is 4.97. The normalized spacial score (nSPS) is 21.7. The number of benzene rings is 1. The number of hydrogen-bond acceptors (Lipinski definition) is 6. The Morgan fingerprint density at radius 3 is 2.81 bits per heavy atom. The smallest absolute Gasteiger partial charge is 0.254 e. The molecule has 1 N–H and O–H groups in total. The molecule has 1 aromatic heterocycles. The first kappa shape index (κ1) is 20.3. The molecule has 1 atom stereocenters. The summed E-state index contributed by atoms with van der Waals surface area (Å²) in [5.74, 6) is -0.209. The van der Waals surface area contributed by atoms with Crippen LogP contribution in [0, 0.1) is 0 Å². The molecule has 9 heteroatoms. The van der Waals surface area contributed by atoms with E-state index < -0.39 is 5.54 Å². The number of aromatic nitrogens is 1. The van der Waals surface area contributed by atoms with Crippen LogP contribution < -0.4 is 5.32 Å². The van der Waals surface area contributed by atoms with E-state index in [0.29, 0.717) is 36.0 Å². The predicted molar refractivity (Wildman–Crippen MR) is 121 cm³/mol. The number of aliphatic imine (C=N–C) groups is 1. The van der Waals surface area contributed by atoms with Crippen LogP contribution in [-0.2, 0) is 22.6 Å². The standard InChI is InChI=1S/C23H21N5O3S/c1-23(13-19(29)25-18-9-5-6-11-28(18)23)21(31)26-22-24-16-10-12-27(14-17(16)32-22)20(30)15-7-3-2-4-8-15/h2-9,11H,10,12-14H2,1H3,(H,24,26,31). The summed E-state index contributed by atoms with van der Waals surface area (Å²) in [6.07, 6.45) is 7.66. The number of anilines is 1. The van der Waals surface area contributed by atoms with Gasteiger partial charge in [-0.3, -0.25) is 19.7 Å². The van der Waals surface area contributed by atoms with Crippen molar-refractivity contribution in [3.05, 3.63) is 70.9 Å². The first-order valence-electron chi connectivity index (χ1n) is 10.3. The summed E-state index contributed by atoms with van der Waals surface area (Å²) >= 11 is 1.37. The molecule has 0 aliphatic carbocycles. The maximum absolute atomic E-state index is 13.2. The molecular weight excluding hydrogens is 426 g/mol. The fourth-order valence-corrected chi connectivity index (χ4v) is 5.12. The summed E-state index contributed by atoms with van der Waals surface area (Å²) in [7, 11) is 0. The molecule has 1 aromatic carbocycles. The Balaban J connectivity index is 1.32. The van der Waals surface area contributed by atoms with E-state index in [0.717, 1.165) is 10.6 Å². The van der Waals surface area contributed by atoms with Crippen LogP contribution in [0.1, 0.15) is 34.3 Å². The van der Waals surface area contributed by atoms with Crippen molar-refractivity contribution in [2.24, 2.45) is 4.99 Å². The van der Waals surface area contributed by atoms with E-state index in [1.165, 1.54) is 11.3 Å². The third-order valence-corrected chi connectivity index (χ3v) is 6.85. The number of amides is 3. The van der Waals surface area contributed by atoms with Gasteiger partial charge in [-0.1, -0.05) is 35.6 Å². The summed E-state index contributed by atoms with van der Waals surface area (Å²) < 4.78 is 0. The summed E-state index contributed by atoms with van der Waals surface area (Å²) in [6.45, 7) is 2.77. The molecule has 2 aromatic rings.